The number of rotatable bonds is 8. The molecule has 0 aliphatic rings. The summed E-state index contributed by atoms with van der Waals surface area (Å²) >= 11 is 5.95. The normalized spacial score (nSPS) is 11.1. The third kappa shape index (κ3) is 5.78. The van der Waals surface area contributed by atoms with Crippen molar-refractivity contribution in [3.8, 4) is 11.5 Å². The molecule has 0 aromatic heterocycles. The second-order valence-corrected chi connectivity index (χ2v) is 9.88. The zero-order valence-electron chi connectivity index (χ0n) is 19.1. The second-order valence-electron chi connectivity index (χ2n) is 7.53. The molecule has 180 valence electrons. The number of ether oxygens (including phenoxy) is 2. The molecule has 0 saturated carbocycles. The van der Waals surface area contributed by atoms with Crippen molar-refractivity contribution >= 4 is 38.9 Å². The summed E-state index contributed by atoms with van der Waals surface area (Å²) in [5.74, 6) is -0.698. The Morgan fingerprint density at radius 1 is 1.03 bits per heavy atom. The summed E-state index contributed by atoms with van der Waals surface area (Å²) in [6.07, 6.45) is 1.04. The summed E-state index contributed by atoms with van der Waals surface area (Å²) in [4.78, 5) is 13.3. The van der Waals surface area contributed by atoms with Gasteiger partial charge in [0.1, 0.15) is 5.82 Å². The third-order valence-corrected chi connectivity index (χ3v) is 6.48. The molecule has 3 aromatic carbocycles. The van der Waals surface area contributed by atoms with Crippen molar-refractivity contribution in [1.29, 1.82) is 0 Å². The van der Waals surface area contributed by atoms with E-state index in [0.717, 1.165) is 10.6 Å². The summed E-state index contributed by atoms with van der Waals surface area (Å²) < 4.78 is 51.2. The van der Waals surface area contributed by atoms with E-state index >= 15 is 0 Å². The number of carbonyl (C=O) groups is 1. The minimum absolute atomic E-state index is 0.000648. The van der Waals surface area contributed by atoms with Gasteiger partial charge in [-0.3, -0.25) is 9.10 Å². The fourth-order valence-corrected chi connectivity index (χ4v) is 4.33. The zero-order chi connectivity index (χ0) is 25.0. The van der Waals surface area contributed by atoms with Crippen molar-refractivity contribution in [1.82, 2.24) is 0 Å². The van der Waals surface area contributed by atoms with Crippen molar-refractivity contribution in [2.24, 2.45) is 0 Å². The number of amides is 1. The van der Waals surface area contributed by atoms with Crippen LogP contribution in [0.3, 0.4) is 0 Å². The van der Waals surface area contributed by atoms with Crippen molar-refractivity contribution in [3.63, 3.8) is 0 Å². The molecule has 1 amide bonds. The van der Waals surface area contributed by atoms with Gasteiger partial charge < -0.3 is 14.8 Å². The van der Waals surface area contributed by atoms with Crippen molar-refractivity contribution in [3.05, 3.63) is 82.1 Å². The van der Waals surface area contributed by atoms with Gasteiger partial charge in [-0.1, -0.05) is 29.8 Å². The zero-order valence-corrected chi connectivity index (χ0v) is 20.6. The van der Waals surface area contributed by atoms with Crippen molar-refractivity contribution in [2.75, 3.05) is 30.1 Å². The first kappa shape index (κ1) is 25.3. The number of nitrogens with one attached hydrogen (secondary N) is 1. The van der Waals surface area contributed by atoms with Crippen LogP contribution in [-0.2, 0) is 16.6 Å². The van der Waals surface area contributed by atoms with E-state index in [9.17, 15) is 17.6 Å². The summed E-state index contributed by atoms with van der Waals surface area (Å²) in [5, 5.41) is 3.17. The van der Waals surface area contributed by atoms with Crippen LogP contribution < -0.4 is 19.1 Å². The molecule has 1 N–H and O–H groups in total. The summed E-state index contributed by atoms with van der Waals surface area (Å²) in [6, 6.07) is 13.5. The minimum atomic E-state index is -3.85. The number of aryl methyl sites for hydroxylation is 1. The van der Waals surface area contributed by atoms with Crippen LogP contribution in [0.5, 0.6) is 11.5 Å². The molecule has 3 rings (SSSR count). The highest BCUT2D eigenvalue weighted by Crippen LogP contribution is 2.37. The van der Waals surface area contributed by atoms with Gasteiger partial charge in [-0.2, -0.15) is 0 Å². The Kier molecular flexibility index (Phi) is 7.68. The van der Waals surface area contributed by atoms with Gasteiger partial charge in [0.05, 0.1) is 38.3 Å². The highest BCUT2D eigenvalue weighted by atomic mass is 35.5. The Morgan fingerprint density at radius 3 is 2.24 bits per heavy atom. The molecule has 0 fully saturated rings. The number of anilines is 2. The molecular weight excluding hydrogens is 483 g/mol. The van der Waals surface area contributed by atoms with E-state index in [1.807, 2.05) is 0 Å². The average Bonchev–Trinajstić information content (AvgIpc) is 2.79. The van der Waals surface area contributed by atoms with Gasteiger partial charge in [-0.25, -0.2) is 12.8 Å². The monoisotopic (exact) mass is 506 g/mol. The Hall–Kier alpha value is -3.30. The first-order chi connectivity index (χ1) is 16.0. The van der Waals surface area contributed by atoms with Gasteiger partial charge in [0.25, 0.3) is 5.91 Å². The summed E-state index contributed by atoms with van der Waals surface area (Å²) in [6.45, 7) is 1.65. The molecule has 0 heterocycles. The fraction of sp³-hybridized carbons (Fsp3) is 0.208. The number of hydrogen-bond donors (Lipinski definition) is 1. The van der Waals surface area contributed by atoms with Gasteiger partial charge in [0.2, 0.25) is 10.0 Å². The lowest BCUT2D eigenvalue weighted by Gasteiger charge is -2.26. The number of sulfonamides is 1. The number of hydrogen-bond acceptors (Lipinski definition) is 5. The molecule has 0 aliphatic heterocycles. The first-order valence-corrected chi connectivity index (χ1v) is 12.3. The summed E-state index contributed by atoms with van der Waals surface area (Å²) in [5.41, 5.74) is 1.62. The average molecular weight is 507 g/mol. The minimum Gasteiger partial charge on any atom is -0.493 e. The van der Waals surface area contributed by atoms with Crippen molar-refractivity contribution in [2.45, 2.75) is 13.5 Å². The van der Waals surface area contributed by atoms with E-state index in [1.54, 1.807) is 31.2 Å². The predicted molar refractivity (Wildman–Crippen MR) is 131 cm³/mol. The van der Waals surface area contributed by atoms with Gasteiger partial charge in [-0.05, 0) is 48.4 Å². The number of nitrogens with zero attached hydrogens (tertiary/aromatic N) is 1. The largest absolute Gasteiger partial charge is 0.493 e. The number of carbonyl (C=O) groups excluding carboxylic acids is 1. The van der Waals surface area contributed by atoms with Gasteiger partial charge in [-0.15, -0.1) is 0 Å². The second kappa shape index (κ2) is 10.3. The predicted octanol–water partition coefficient (Wildman–Crippen LogP) is 5.02. The highest BCUT2D eigenvalue weighted by Gasteiger charge is 2.27. The lowest BCUT2D eigenvalue weighted by Crippen LogP contribution is -2.31. The fourth-order valence-electron chi connectivity index (χ4n) is 3.31. The van der Waals surface area contributed by atoms with Crippen LogP contribution in [0.4, 0.5) is 15.8 Å². The van der Waals surface area contributed by atoms with Crippen LogP contribution in [0.2, 0.25) is 5.02 Å². The lowest BCUT2D eigenvalue weighted by molar-refractivity contribution is 0.102. The van der Waals surface area contributed by atoms with Crippen LogP contribution in [0.1, 0.15) is 21.5 Å². The molecule has 0 saturated heterocycles. The first-order valence-electron chi connectivity index (χ1n) is 10.1. The standard InChI is InChI=1S/C24H24ClFN2O5S/c1-15-5-10-18(26)11-20(15)27-24(29)19-12-22(32-2)23(33-3)13-21(19)28(34(4,30)31)14-16-6-8-17(25)9-7-16/h5-13H,14H2,1-4H3,(H,27,29). The molecule has 0 bridgehead atoms. The molecule has 0 atom stereocenters. The molecule has 7 nitrogen and oxygen atoms in total. The maximum atomic E-state index is 13.8. The van der Waals surface area contributed by atoms with Gasteiger partial charge in [0, 0.05) is 16.8 Å². The Bertz CT molecular complexity index is 1310. The smallest absolute Gasteiger partial charge is 0.257 e. The SMILES string of the molecule is COc1cc(C(=O)Nc2cc(F)ccc2C)c(N(Cc2ccc(Cl)cc2)S(C)(=O)=O)cc1OC. The van der Waals surface area contributed by atoms with Gasteiger partial charge >= 0.3 is 0 Å². The Labute approximate surface area is 203 Å². The van der Waals surface area contributed by atoms with Crippen LogP contribution in [0.15, 0.2) is 54.6 Å². The maximum Gasteiger partial charge on any atom is 0.257 e. The van der Waals surface area contributed by atoms with Crippen LogP contribution in [0.25, 0.3) is 0 Å². The van der Waals surface area contributed by atoms with Crippen LogP contribution in [-0.4, -0.2) is 34.8 Å². The molecule has 0 aliphatic carbocycles. The van der Waals surface area contributed by atoms with E-state index in [0.29, 0.717) is 16.1 Å². The lowest BCUT2D eigenvalue weighted by atomic mass is 10.1. The van der Waals surface area contributed by atoms with E-state index in [-0.39, 0.29) is 35.0 Å². The molecule has 10 heteroatoms. The van der Waals surface area contributed by atoms with E-state index in [2.05, 4.69) is 5.32 Å². The van der Waals surface area contributed by atoms with E-state index < -0.39 is 21.7 Å². The topological polar surface area (TPSA) is 84.9 Å². The Morgan fingerprint density at radius 2 is 1.65 bits per heavy atom. The van der Waals surface area contributed by atoms with E-state index in [1.165, 1.54) is 44.6 Å². The third-order valence-electron chi connectivity index (χ3n) is 5.10. The quantitative estimate of drug-likeness (QED) is 0.463. The molecule has 3 aromatic rings. The van der Waals surface area contributed by atoms with E-state index in [4.69, 9.17) is 21.1 Å². The molecule has 0 radical (unpaired) electrons. The molecule has 34 heavy (non-hydrogen) atoms. The molecule has 0 spiro atoms. The highest BCUT2D eigenvalue weighted by molar-refractivity contribution is 7.92. The van der Waals surface area contributed by atoms with Crippen molar-refractivity contribution < 1.29 is 27.1 Å². The van der Waals surface area contributed by atoms with Crippen LogP contribution >= 0.6 is 11.6 Å². The number of halogens is 2. The number of benzene rings is 3. The number of methoxy groups -OCH3 is 2. The summed E-state index contributed by atoms with van der Waals surface area (Å²) in [7, 11) is -1.05. The molecule has 0 unspecified atom stereocenters. The Balaban J connectivity index is 2.15. The molecular formula is C24H24ClFN2O5S. The van der Waals surface area contributed by atoms with Crippen LogP contribution in [0, 0.1) is 12.7 Å². The van der Waals surface area contributed by atoms with Gasteiger partial charge in [0.15, 0.2) is 11.5 Å². The maximum absolute atomic E-state index is 13.8.